The van der Waals surface area contributed by atoms with Crippen LogP contribution in [0.25, 0.3) is 0 Å². The number of rotatable bonds is 4. The van der Waals surface area contributed by atoms with Gasteiger partial charge in [-0.1, -0.05) is 5.18 Å². The highest BCUT2D eigenvalue weighted by atomic mass is 19.1. The van der Waals surface area contributed by atoms with Gasteiger partial charge in [0.1, 0.15) is 0 Å². The summed E-state index contributed by atoms with van der Waals surface area (Å²) in [5, 5.41) is 6.89. The Bertz CT molecular complexity index is 498. The molecule has 1 aliphatic heterocycles. The minimum Gasteiger partial charge on any atom is -0.290 e. The first kappa shape index (κ1) is 11.4. The number of hydrogen-bond donors (Lipinski definition) is 0. The van der Waals surface area contributed by atoms with Gasteiger partial charge in [-0.25, -0.2) is 14.1 Å². The van der Waals surface area contributed by atoms with Crippen LogP contribution in [0, 0.1) is 10.3 Å². The minimum atomic E-state index is -1.16. The van der Waals surface area contributed by atoms with Gasteiger partial charge in [0.05, 0.1) is 18.0 Å². The van der Waals surface area contributed by atoms with E-state index in [0.717, 1.165) is 0 Å². The third-order valence-electron chi connectivity index (χ3n) is 3.81. The number of carbonyl (C=O) groups excluding carboxylic acids is 1. The zero-order valence-electron chi connectivity index (χ0n) is 9.97. The number of fused-ring (bicyclic) bond motifs is 1. The molecular formula is C11H13FN4O2. The van der Waals surface area contributed by atoms with Gasteiger partial charge in [-0.15, -0.1) is 5.10 Å². The van der Waals surface area contributed by atoms with Gasteiger partial charge >= 0.3 is 0 Å². The SMILES string of the molecule is CC1CC(F)c2nc(C(=O)C3(CN=O)CC3)nn21. The quantitative estimate of drug-likeness (QED) is 0.606. The van der Waals surface area contributed by atoms with E-state index in [4.69, 9.17) is 0 Å². The Kier molecular flexibility index (Phi) is 2.33. The van der Waals surface area contributed by atoms with Crippen LogP contribution in [-0.4, -0.2) is 27.1 Å². The third kappa shape index (κ3) is 1.49. The molecule has 2 aliphatic rings. The fourth-order valence-electron chi connectivity index (χ4n) is 2.44. The van der Waals surface area contributed by atoms with Gasteiger partial charge in [0, 0.05) is 6.42 Å². The highest BCUT2D eigenvalue weighted by molar-refractivity contribution is 5.99. The first-order valence-electron chi connectivity index (χ1n) is 6.02. The second-order valence-electron chi connectivity index (χ2n) is 5.19. The molecule has 0 spiro atoms. The summed E-state index contributed by atoms with van der Waals surface area (Å²) in [4.78, 5) is 26.5. The van der Waals surface area contributed by atoms with Crippen molar-refractivity contribution in [3.63, 3.8) is 0 Å². The number of carbonyl (C=O) groups is 1. The molecule has 2 heterocycles. The van der Waals surface area contributed by atoms with E-state index < -0.39 is 11.6 Å². The summed E-state index contributed by atoms with van der Waals surface area (Å²) in [6.07, 6.45) is 0.463. The number of hydrogen-bond acceptors (Lipinski definition) is 5. The molecule has 1 fully saturated rings. The maximum Gasteiger partial charge on any atom is 0.218 e. The molecule has 96 valence electrons. The number of halogens is 1. The highest BCUT2D eigenvalue weighted by Crippen LogP contribution is 2.48. The van der Waals surface area contributed by atoms with Crippen LogP contribution in [0.15, 0.2) is 5.18 Å². The molecule has 1 saturated carbocycles. The molecule has 2 unspecified atom stereocenters. The molecule has 2 atom stereocenters. The average Bonchev–Trinajstić information content (AvgIpc) is 2.89. The predicted octanol–water partition coefficient (Wildman–Crippen LogP) is 1.98. The molecule has 7 heteroatoms. The Labute approximate surface area is 103 Å². The van der Waals surface area contributed by atoms with Crippen molar-refractivity contribution in [2.45, 2.75) is 38.4 Å². The molecule has 0 N–H and O–H groups in total. The Morgan fingerprint density at radius 3 is 2.89 bits per heavy atom. The largest absolute Gasteiger partial charge is 0.290 e. The Balaban J connectivity index is 1.91. The minimum absolute atomic E-state index is 0.0281. The van der Waals surface area contributed by atoms with Crippen LogP contribution in [0.5, 0.6) is 0 Å². The van der Waals surface area contributed by atoms with Crippen molar-refractivity contribution in [1.29, 1.82) is 0 Å². The molecule has 1 aromatic rings. The molecular weight excluding hydrogens is 239 g/mol. The van der Waals surface area contributed by atoms with Gasteiger partial charge in [0.15, 0.2) is 12.0 Å². The predicted molar refractivity (Wildman–Crippen MR) is 59.9 cm³/mol. The van der Waals surface area contributed by atoms with Crippen molar-refractivity contribution in [3.8, 4) is 0 Å². The highest BCUT2D eigenvalue weighted by Gasteiger charge is 2.52. The van der Waals surface area contributed by atoms with Crippen molar-refractivity contribution >= 4 is 5.78 Å². The van der Waals surface area contributed by atoms with E-state index in [1.54, 1.807) is 0 Å². The maximum absolute atomic E-state index is 13.6. The standard InChI is InChI=1S/C11H13FN4O2/c1-6-4-7(12)10-14-9(15-16(6)10)8(17)11(2-3-11)5-13-18/h6-7H,2-5H2,1H3. The molecule has 18 heavy (non-hydrogen) atoms. The van der Waals surface area contributed by atoms with Crippen LogP contribution in [0.4, 0.5) is 4.39 Å². The number of aromatic nitrogens is 3. The van der Waals surface area contributed by atoms with E-state index in [1.165, 1.54) is 4.68 Å². The zero-order chi connectivity index (χ0) is 12.9. The molecule has 0 amide bonds. The Morgan fingerprint density at radius 2 is 2.33 bits per heavy atom. The first-order chi connectivity index (χ1) is 8.57. The number of ketones is 1. The second-order valence-corrected chi connectivity index (χ2v) is 5.19. The lowest BCUT2D eigenvalue weighted by molar-refractivity contribution is 0.0894. The van der Waals surface area contributed by atoms with E-state index in [2.05, 4.69) is 15.3 Å². The van der Waals surface area contributed by atoms with E-state index in [1.807, 2.05) is 6.92 Å². The third-order valence-corrected chi connectivity index (χ3v) is 3.81. The van der Waals surface area contributed by atoms with Crippen molar-refractivity contribution in [1.82, 2.24) is 14.8 Å². The van der Waals surface area contributed by atoms with Crippen molar-refractivity contribution in [2.75, 3.05) is 6.54 Å². The number of nitroso groups, excluding NO2 is 1. The van der Waals surface area contributed by atoms with Crippen LogP contribution in [0.2, 0.25) is 0 Å². The fourth-order valence-corrected chi connectivity index (χ4v) is 2.44. The second kappa shape index (κ2) is 3.66. The van der Waals surface area contributed by atoms with E-state index in [-0.39, 0.29) is 30.0 Å². The van der Waals surface area contributed by atoms with Crippen LogP contribution in [0.3, 0.4) is 0 Å². The zero-order valence-corrected chi connectivity index (χ0v) is 9.97. The summed E-state index contributed by atoms with van der Waals surface area (Å²) >= 11 is 0. The summed E-state index contributed by atoms with van der Waals surface area (Å²) in [5.74, 6) is -0.0236. The summed E-state index contributed by atoms with van der Waals surface area (Å²) in [6.45, 7) is 1.80. The molecule has 3 rings (SSSR count). The van der Waals surface area contributed by atoms with Gasteiger partial charge in [-0.2, -0.15) is 4.91 Å². The molecule has 6 nitrogen and oxygen atoms in total. The topological polar surface area (TPSA) is 77.2 Å². The van der Waals surface area contributed by atoms with Crippen molar-refractivity contribution < 1.29 is 9.18 Å². The van der Waals surface area contributed by atoms with Gasteiger partial charge in [-0.05, 0) is 19.8 Å². The lowest BCUT2D eigenvalue weighted by Gasteiger charge is -2.06. The molecule has 1 aromatic heterocycles. The van der Waals surface area contributed by atoms with Gasteiger partial charge in [0.2, 0.25) is 11.6 Å². The van der Waals surface area contributed by atoms with Crippen molar-refractivity contribution in [2.24, 2.45) is 10.6 Å². The lowest BCUT2D eigenvalue weighted by Crippen LogP contribution is -2.21. The first-order valence-corrected chi connectivity index (χ1v) is 6.02. The smallest absolute Gasteiger partial charge is 0.218 e. The van der Waals surface area contributed by atoms with Crippen LogP contribution < -0.4 is 0 Å². The fraction of sp³-hybridized carbons (Fsp3) is 0.727. The Morgan fingerprint density at radius 1 is 1.61 bits per heavy atom. The van der Waals surface area contributed by atoms with Crippen LogP contribution in [0.1, 0.15) is 54.8 Å². The van der Waals surface area contributed by atoms with Crippen LogP contribution in [-0.2, 0) is 0 Å². The molecule has 1 aliphatic carbocycles. The van der Waals surface area contributed by atoms with Gasteiger partial charge < -0.3 is 0 Å². The molecule has 0 aromatic carbocycles. The van der Waals surface area contributed by atoms with E-state index >= 15 is 0 Å². The average molecular weight is 252 g/mol. The summed E-state index contributed by atoms with van der Waals surface area (Å²) in [7, 11) is 0. The number of nitrogens with zero attached hydrogens (tertiary/aromatic N) is 4. The van der Waals surface area contributed by atoms with Gasteiger partial charge in [0.25, 0.3) is 0 Å². The van der Waals surface area contributed by atoms with Gasteiger partial charge in [-0.3, -0.25) is 4.79 Å². The van der Waals surface area contributed by atoms with E-state index in [0.29, 0.717) is 19.3 Å². The normalized spacial score (nSPS) is 27.9. The number of alkyl halides is 1. The lowest BCUT2D eigenvalue weighted by atomic mass is 10.0. The summed E-state index contributed by atoms with van der Waals surface area (Å²) in [5.41, 5.74) is -0.709. The molecule has 0 bridgehead atoms. The van der Waals surface area contributed by atoms with Crippen molar-refractivity contribution in [3.05, 3.63) is 16.6 Å². The monoisotopic (exact) mass is 252 g/mol. The van der Waals surface area contributed by atoms with E-state index in [9.17, 15) is 14.1 Å². The number of Topliss-reactive ketones (excluding diaryl/α,β-unsaturated/α-hetero) is 1. The maximum atomic E-state index is 13.6. The summed E-state index contributed by atoms with van der Waals surface area (Å²) < 4.78 is 15.1. The van der Waals surface area contributed by atoms with Crippen LogP contribution >= 0.6 is 0 Å². The molecule has 0 saturated heterocycles. The molecule has 0 radical (unpaired) electrons. The summed E-state index contributed by atoms with van der Waals surface area (Å²) in [6, 6.07) is -0.0802. The Hall–Kier alpha value is -1.66.